The Balaban J connectivity index is 1.96. The summed E-state index contributed by atoms with van der Waals surface area (Å²) >= 11 is 0. The first kappa shape index (κ1) is 11.1. The summed E-state index contributed by atoms with van der Waals surface area (Å²) < 4.78 is 14.8. The molecule has 2 aromatic rings. The zero-order valence-electron chi connectivity index (χ0n) is 10.8. The van der Waals surface area contributed by atoms with Crippen molar-refractivity contribution in [2.75, 3.05) is 0 Å². The molecule has 0 N–H and O–H groups in total. The third kappa shape index (κ3) is 1.07. The van der Waals surface area contributed by atoms with Crippen molar-refractivity contribution in [3.8, 4) is 0 Å². The molecule has 2 aromatic heterocycles. The molecule has 5 nitrogen and oxygen atoms in total. The van der Waals surface area contributed by atoms with Gasteiger partial charge in [0.2, 0.25) is 5.16 Å². The van der Waals surface area contributed by atoms with Crippen LogP contribution in [0.1, 0.15) is 25.7 Å². The fourth-order valence-corrected chi connectivity index (χ4v) is 6.33. The average molecular weight is 287 g/mol. The Hall–Kier alpha value is -1.56. The van der Waals surface area contributed by atoms with Crippen molar-refractivity contribution in [3.05, 3.63) is 28.7 Å². The lowest BCUT2D eigenvalue weighted by Gasteiger charge is -2.40. The van der Waals surface area contributed by atoms with E-state index in [2.05, 4.69) is 9.97 Å². The van der Waals surface area contributed by atoms with Gasteiger partial charge in [0.15, 0.2) is 0 Å². The number of fused-ring (bicyclic) bond motifs is 5. The first-order valence-electron chi connectivity index (χ1n) is 7.01. The second-order valence-corrected chi connectivity index (χ2v) is 7.74. The van der Waals surface area contributed by atoms with Crippen LogP contribution in [0.15, 0.2) is 28.3 Å². The second-order valence-electron chi connectivity index (χ2n) is 6.13. The minimum atomic E-state index is -1.32. The molecule has 3 aliphatic rings. The molecular weight excluding hydrogens is 274 g/mol. The monoisotopic (exact) mass is 287 g/mol. The average Bonchev–Trinajstić information content (AvgIpc) is 3.06. The molecule has 1 spiro atoms. The van der Waals surface area contributed by atoms with E-state index in [-0.39, 0.29) is 5.56 Å². The van der Waals surface area contributed by atoms with Gasteiger partial charge in [-0.25, -0.2) is 14.2 Å². The Labute approximate surface area is 117 Å². The summed E-state index contributed by atoms with van der Waals surface area (Å²) in [5.41, 5.74) is 0.581. The molecule has 0 radical (unpaired) electrons. The maximum absolute atomic E-state index is 13.0. The normalized spacial score (nSPS) is 37.3. The lowest BCUT2D eigenvalue weighted by Crippen LogP contribution is -2.50. The molecule has 1 aliphatic heterocycles. The van der Waals surface area contributed by atoms with Gasteiger partial charge < -0.3 is 0 Å². The van der Waals surface area contributed by atoms with Crippen molar-refractivity contribution in [1.82, 2.24) is 14.5 Å². The molecule has 0 amide bonds. The van der Waals surface area contributed by atoms with E-state index in [1.54, 1.807) is 22.9 Å². The second kappa shape index (κ2) is 3.36. The first-order valence-corrected chi connectivity index (χ1v) is 8.16. The zero-order valence-corrected chi connectivity index (χ0v) is 11.6. The Morgan fingerprint density at radius 1 is 1.35 bits per heavy atom. The molecule has 4 bridgehead atoms. The largest absolute Gasteiger partial charge is 0.274 e. The van der Waals surface area contributed by atoms with Crippen LogP contribution in [-0.2, 0) is 15.7 Å². The van der Waals surface area contributed by atoms with Crippen molar-refractivity contribution in [3.63, 3.8) is 0 Å². The van der Waals surface area contributed by atoms with Crippen LogP contribution in [0.3, 0.4) is 0 Å². The van der Waals surface area contributed by atoms with E-state index in [0.717, 1.165) is 24.6 Å². The van der Waals surface area contributed by atoms with Crippen LogP contribution >= 0.6 is 0 Å². The molecule has 102 valence electrons. The molecule has 4 atom stereocenters. The molecule has 3 heterocycles. The van der Waals surface area contributed by atoms with E-state index >= 15 is 0 Å². The summed E-state index contributed by atoms with van der Waals surface area (Å²) in [4.78, 5) is 20.5. The molecule has 0 aromatic carbocycles. The van der Waals surface area contributed by atoms with Gasteiger partial charge in [-0.05, 0) is 43.6 Å². The predicted molar refractivity (Wildman–Crippen MR) is 73.6 cm³/mol. The fourth-order valence-electron chi connectivity index (χ4n) is 4.45. The van der Waals surface area contributed by atoms with Gasteiger partial charge in [0, 0.05) is 17.6 Å². The van der Waals surface area contributed by atoms with E-state index < -0.39 is 15.7 Å². The molecule has 2 fully saturated rings. The maximum Gasteiger partial charge on any atom is 0.253 e. The van der Waals surface area contributed by atoms with Gasteiger partial charge >= 0.3 is 0 Å². The Kier molecular flexibility index (Phi) is 1.87. The van der Waals surface area contributed by atoms with Gasteiger partial charge in [-0.1, -0.05) is 0 Å². The van der Waals surface area contributed by atoms with E-state index in [1.807, 2.05) is 0 Å². The summed E-state index contributed by atoms with van der Waals surface area (Å²) in [7, 11) is -1.32. The predicted octanol–water partition coefficient (Wildman–Crippen LogP) is 1.39. The fraction of sp³-hybridized carbons (Fsp3) is 0.500. The number of nitrogens with zero attached hydrogens (tertiary/aromatic N) is 3. The molecule has 4 unspecified atom stereocenters. The van der Waals surface area contributed by atoms with Gasteiger partial charge in [-0.2, -0.15) is 0 Å². The van der Waals surface area contributed by atoms with Crippen LogP contribution in [0.4, 0.5) is 0 Å². The highest BCUT2D eigenvalue weighted by Crippen LogP contribution is 2.57. The van der Waals surface area contributed by atoms with E-state index in [0.29, 0.717) is 22.6 Å². The quantitative estimate of drug-likeness (QED) is 0.687. The number of pyridine rings is 1. The standard InChI is InChI=1S/C14H13N3O2S/c18-11-4-2-9-7-15-13-16-12(9)17(11)14(20(13)19)6-8-1-3-10(14)5-8/h2,4,7-8,10H,1,3,5-6H2. The lowest BCUT2D eigenvalue weighted by atomic mass is 9.94. The minimum absolute atomic E-state index is 0.0808. The Morgan fingerprint density at radius 3 is 3.00 bits per heavy atom. The van der Waals surface area contributed by atoms with Crippen molar-refractivity contribution in [2.24, 2.45) is 11.8 Å². The number of hydrogen-bond donors (Lipinski definition) is 0. The summed E-state index contributed by atoms with van der Waals surface area (Å²) in [5, 5.41) is 1.25. The lowest BCUT2D eigenvalue weighted by molar-refractivity contribution is 0.271. The highest BCUT2D eigenvalue weighted by molar-refractivity contribution is 7.85. The summed E-state index contributed by atoms with van der Waals surface area (Å²) in [6, 6.07) is 3.31. The highest BCUT2D eigenvalue weighted by Gasteiger charge is 2.59. The third-order valence-electron chi connectivity index (χ3n) is 5.24. The Bertz CT molecular complexity index is 846. The van der Waals surface area contributed by atoms with E-state index in [4.69, 9.17) is 0 Å². The summed E-state index contributed by atoms with van der Waals surface area (Å²) in [5.74, 6) is 0.911. The summed E-state index contributed by atoms with van der Waals surface area (Å²) in [6.07, 6.45) is 5.84. The van der Waals surface area contributed by atoms with Gasteiger partial charge in [0.1, 0.15) is 21.3 Å². The van der Waals surface area contributed by atoms with Crippen LogP contribution in [0, 0.1) is 11.8 Å². The van der Waals surface area contributed by atoms with Crippen molar-refractivity contribution in [2.45, 2.75) is 35.7 Å². The summed E-state index contributed by atoms with van der Waals surface area (Å²) in [6.45, 7) is 0. The van der Waals surface area contributed by atoms with Crippen molar-refractivity contribution < 1.29 is 4.21 Å². The van der Waals surface area contributed by atoms with Crippen molar-refractivity contribution >= 4 is 21.8 Å². The number of hydrogen-bond acceptors (Lipinski definition) is 4. The van der Waals surface area contributed by atoms with Crippen LogP contribution in [0.2, 0.25) is 0 Å². The molecule has 2 aliphatic carbocycles. The molecule has 2 saturated carbocycles. The topological polar surface area (TPSA) is 64.8 Å². The first-order chi connectivity index (χ1) is 9.70. The Morgan fingerprint density at radius 2 is 2.25 bits per heavy atom. The third-order valence-corrected chi connectivity index (χ3v) is 7.09. The van der Waals surface area contributed by atoms with Crippen molar-refractivity contribution in [1.29, 1.82) is 0 Å². The van der Waals surface area contributed by atoms with Gasteiger partial charge in [-0.15, -0.1) is 0 Å². The smallest absolute Gasteiger partial charge is 0.253 e. The van der Waals surface area contributed by atoms with Gasteiger partial charge in [0.25, 0.3) is 5.56 Å². The van der Waals surface area contributed by atoms with Gasteiger partial charge in [-0.3, -0.25) is 9.36 Å². The minimum Gasteiger partial charge on any atom is -0.274 e. The maximum atomic E-state index is 13.0. The molecule has 6 heteroatoms. The molecule has 20 heavy (non-hydrogen) atoms. The van der Waals surface area contributed by atoms with E-state index in [9.17, 15) is 9.00 Å². The van der Waals surface area contributed by atoms with Crippen LogP contribution in [0.5, 0.6) is 0 Å². The van der Waals surface area contributed by atoms with Gasteiger partial charge in [0.05, 0.1) is 0 Å². The SMILES string of the molecule is O=c1ccc2cnc3nc2n1C1(CC2CCC1C2)S3=O. The number of aromatic nitrogens is 3. The molecule has 0 saturated heterocycles. The van der Waals surface area contributed by atoms with Crippen LogP contribution < -0.4 is 5.56 Å². The molecular formula is C14H13N3O2S. The van der Waals surface area contributed by atoms with Crippen LogP contribution in [0.25, 0.3) is 11.0 Å². The molecule has 5 rings (SSSR count). The highest BCUT2D eigenvalue weighted by atomic mass is 32.2. The van der Waals surface area contributed by atoms with Crippen LogP contribution in [-0.4, -0.2) is 18.7 Å². The zero-order chi connectivity index (χ0) is 13.5. The van der Waals surface area contributed by atoms with E-state index in [1.165, 1.54) is 6.42 Å². The number of rotatable bonds is 0.